The Labute approximate surface area is 101 Å². The highest BCUT2D eigenvalue weighted by molar-refractivity contribution is 5.28. The molecule has 17 heavy (non-hydrogen) atoms. The number of aryl methyl sites for hydroxylation is 2. The van der Waals surface area contributed by atoms with Crippen LogP contribution in [0.2, 0.25) is 0 Å². The number of fused-ring (bicyclic) bond motifs is 1. The monoisotopic (exact) mass is 228 g/mol. The summed E-state index contributed by atoms with van der Waals surface area (Å²) in [6.07, 6.45) is 6.89. The molecule has 3 rings (SSSR count). The molecular formula is C14H16N2O. The third-order valence-electron chi connectivity index (χ3n) is 2.84. The number of hydrogen-bond acceptors (Lipinski definition) is 2. The zero-order valence-corrected chi connectivity index (χ0v) is 9.73. The van der Waals surface area contributed by atoms with Crippen molar-refractivity contribution in [3.8, 4) is 0 Å². The van der Waals surface area contributed by atoms with Crippen LogP contribution in [0.4, 0.5) is 0 Å². The van der Waals surface area contributed by atoms with E-state index in [2.05, 4.69) is 34.5 Å². The first kappa shape index (κ1) is 11.6. The molecule has 1 N–H and O–H groups in total. The molecule has 88 valence electrons. The molecule has 0 atom stereocenters. The molecule has 2 aromatic rings. The van der Waals surface area contributed by atoms with Gasteiger partial charge in [0.2, 0.25) is 0 Å². The van der Waals surface area contributed by atoms with Crippen molar-refractivity contribution >= 4 is 0 Å². The number of benzene rings is 1. The topological polar surface area (TPSA) is 45.8 Å². The van der Waals surface area contributed by atoms with Crippen LogP contribution in [0, 0.1) is 0 Å². The first-order valence-electron chi connectivity index (χ1n) is 5.93. The first-order chi connectivity index (χ1) is 8.36. The van der Waals surface area contributed by atoms with Crippen LogP contribution in [0.15, 0.2) is 47.4 Å². The lowest BCUT2D eigenvalue weighted by molar-refractivity contribution is 0.685. The minimum atomic E-state index is -0.164. The van der Waals surface area contributed by atoms with Crippen molar-refractivity contribution in [3.63, 3.8) is 0 Å². The van der Waals surface area contributed by atoms with Gasteiger partial charge in [0.1, 0.15) is 0 Å². The Morgan fingerprint density at radius 2 is 1.59 bits per heavy atom. The molecule has 1 aromatic carbocycles. The summed E-state index contributed by atoms with van der Waals surface area (Å²) in [5.74, 6) is 0. The van der Waals surface area contributed by atoms with Gasteiger partial charge in [-0.2, -0.15) is 5.10 Å². The number of nitrogens with zero attached hydrogens (tertiary/aromatic N) is 1. The molecular weight excluding hydrogens is 212 g/mol. The molecule has 1 aliphatic rings. The molecule has 0 radical (unpaired) electrons. The molecule has 0 fully saturated rings. The normalized spacial score (nSPS) is 13.2. The van der Waals surface area contributed by atoms with Crippen molar-refractivity contribution in [2.24, 2.45) is 0 Å². The van der Waals surface area contributed by atoms with Gasteiger partial charge in [-0.1, -0.05) is 24.3 Å². The third-order valence-corrected chi connectivity index (χ3v) is 2.84. The van der Waals surface area contributed by atoms with E-state index >= 15 is 0 Å². The Balaban J connectivity index is 0.000000136. The Morgan fingerprint density at radius 3 is 2.00 bits per heavy atom. The molecule has 0 amide bonds. The summed E-state index contributed by atoms with van der Waals surface area (Å²) in [5.41, 5.74) is 2.99. The molecule has 0 unspecified atom stereocenters. The summed E-state index contributed by atoms with van der Waals surface area (Å²) in [6, 6.07) is 11.8. The minimum absolute atomic E-state index is 0.164. The molecule has 1 heterocycles. The number of aromatic amines is 1. The van der Waals surface area contributed by atoms with Crippen molar-refractivity contribution in [3.05, 3.63) is 64.1 Å². The Kier molecular flexibility index (Phi) is 4.08. The Bertz CT molecular complexity index is 477. The van der Waals surface area contributed by atoms with Crippen LogP contribution in [0.5, 0.6) is 0 Å². The van der Waals surface area contributed by atoms with Crippen LogP contribution in [0.1, 0.15) is 24.0 Å². The van der Waals surface area contributed by atoms with Gasteiger partial charge < -0.3 is 0 Å². The molecule has 1 aromatic heterocycles. The van der Waals surface area contributed by atoms with Crippen LogP contribution in [-0.2, 0) is 12.8 Å². The smallest absolute Gasteiger partial charge is 0.264 e. The molecule has 0 aliphatic heterocycles. The third kappa shape index (κ3) is 3.55. The van der Waals surface area contributed by atoms with Gasteiger partial charge in [-0.15, -0.1) is 0 Å². The van der Waals surface area contributed by atoms with Gasteiger partial charge in [-0.3, -0.25) is 4.79 Å². The summed E-state index contributed by atoms with van der Waals surface area (Å²) in [6.45, 7) is 0. The zero-order valence-electron chi connectivity index (χ0n) is 9.73. The van der Waals surface area contributed by atoms with Crippen molar-refractivity contribution in [1.29, 1.82) is 0 Å². The SMILES string of the molecule is O=c1cccn[nH]1.c1ccc2c(c1)CCCC2. The maximum Gasteiger partial charge on any atom is 0.264 e. The largest absolute Gasteiger partial charge is 0.268 e. The highest BCUT2D eigenvalue weighted by Crippen LogP contribution is 2.19. The molecule has 0 bridgehead atoms. The molecule has 0 saturated heterocycles. The number of hydrogen-bond donors (Lipinski definition) is 1. The lowest BCUT2D eigenvalue weighted by atomic mass is 9.92. The van der Waals surface area contributed by atoms with E-state index in [0.29, 0.717) is 0 Å². The molecule has 0 saturated carbocycles. The fourth-order valence-corrected chi connectivity index (χ4v) is 1.99. The summed E-state index contributed by atoms with van der Waals surface area (Å²) in [4.78, 5) is 10.2. The van der Waals surface area contributed by atoms with E-state index in [1.165, 1.54) is 37.9 Å². The maximum atomic E-state index is 10.2. The summed E-state index contributed by atoms with van der Waals surface area (Å²) >= 11 is 0. The van der Waals surface area contributed by atoms with E-state index in [4.69, 9.17) is 0 Å². The molecule has 0 spiro atoms. The fourth-order valence-electron chi connectivity index (χ4n) is 1.99. The van der Waals surface area contributed by atoms with E-state index in [1.54, 1.807) is 17.2 Å². The maximum absolute atomic E-state index is 10.2. The van der Waals surface area contributed by atoms with Crippen LogP contribution in [0.3, 0.4) is 0 Å². The van der Waals surface area contributed by atoms with E-state index in [0.717, 1.165) is 0 Å². The molecule has 3 nitrogen and oxygen atoms in total. The minimum Gasteiger partial charge on any atom is -0.268 e. The van der Waals surface area contributed by atoms with Crippen LogP contribution in [-0.4, -0.2) is 10.2 Å². The quantitative estimate of drug-likeness (QED) is 0.752. The lowest BCUT2D eigenvalue weighted by Gasteiger charge is -2.13. The van der Waals surface area contributed by atoms with Gasteiger partial charge >= 0.3 is 0 Å². The number of nitrogens with one attached hydrogen (secondary N) is 1. The van der Waals surface area contributed by atoms with Gasteiger partial charge in [0.15, 0.2) is 0 Å². The van der Waals surface area contributed by atoms with Gasteiger partial charge in [0.05, 0.1) is 0 Å². The Morgan fingerprint density at radius 1 is 0.941 bits per heavy atom. The van der Waals surface area contributed by atoms with Crippen molar-refractivity contribution < 1.29 is 0 Å². The summed E-state index contributed by atoms with van der Waals surface area (Å²) < 4.78 is 0. The average Bonchev–Trinajstić information content (AvgIpc) is 2.41. The summed E-state index contributed by atoms with van der Waals surface area (Å²) in [5, 5.41) is 5.67. The second-order valence-corrected chi connectivity index (χ2v) is 4.09. The highest BCUT2D eigenvalue weighted by atomic mass is 16.1. The van der Waals surface area contributed by atoms with Crippen molar-refractivity contribution in [1.82, 2.24) is 10.2 Å². The summed E-state index contributed by atoms with van der Waals surface area (Å²) in [7, 11) is 0. The number of aromatic nitrogens is 2. The van der Waals surface area contributed by atoms with Crippen LogP contribution >= 0.6 is 0 Å². The molecule has 1 aliphatic carbocycles. The van der Waals surface area contributed by atoms with Crippen molar-refractivity contribution in [2.75, 3.05) is 0 Å². The number of H-pyrrole nitrogens is 1. The van der Waals surface area contributed by atoms with Crippen LogP contribution < -0.4 is 5.56 Å². The van der Waals surface area contributed by atoms with E-state index in [9.17, 15) is 4.79 Å². The predicted octanol–water partition coefficient (Wildman–Crippen LogP) is 2.34. The second kappa shape index (κ2) is 5.99. The Hall–Kier alpha value is -1.90. The van der Waals surface area contributed by atoms with Gasteiger partial charge in [0, 0.05) is 12.3 Å². The van der Waals surface area contributed by atoms with Gasteiger partial charge in [-0.05, 0) is 42.9 Å². The van der Waals surface area contributed by atoms with E-state index < -0.39 is 0 Å². The highest BCUT2D eigenvalue weighted by Gasteiger charge is 2.05. The van der Waals surface area contributed by atoms with E-state index in [-0.39, 0.29) is 5.56 Å². The molecule has 3 heteroatoms. The van der Waals surface area contributed by atoms with Crippen molar-refractivity contribution in [2.45, 2.75) is 25.7 Å². The zero-order chi connectivity index (χ0) is 11.9. The number of rotatable bonds is 0. The fraction of sp³-hybridized carbons (Fsp3) is 0.286. The standard InChI is InChI=1S/C10H12.C4H4N2O/c1-2-6-10-8-4-3-7-9(10)5-1;7-4-2-1-3-5-6-4/h1-2,5-6H,3-4,7-8H2;1-3H,(H,6,7). The van der Waals surface area contributed by atoms with Gasteiger partial charge in [-0.25, -0.2) is 5.10 Å². The predicted molar refractivity (Wildman–Crippen MR) is 67.9 cm³/mol. The van der Waals surface area contributed by atoms with Gasteiger partial charge in [0.25, 0.3) is 5.56 Å². The lowest BCUT2D eigenvalue weighted by Crippen LogP contribution is -2.02. The van der Waals surface area contributed by atoms with Crippen LogP contribution in [0.25, 0.3) is 0 Å². The first-order valence-corrected chi connectivity index (χ1v) is 5.93. The second-order valence-electron chi connectivity index (χ2n) is 4.09. The van der Waals surface area contributed by atoms with E-state index in [1.807, 2.05) is 0 Å². The average molecular weight is 228 g/mol.